The van der Waals surface area contributed by atoms with E-state index in [0.717, 1.165) is 6.54 Å². The zero-order valence-corrected chi connectivity index (χ0v) is 10.6. The zero-order chi connectivity index (χ0) is 12.5. The summed E-state index contributed by atoms with van der Waals surface area (Å²) in [5, 5.41) is 4.93. The number of carbonyl (C=O) groups excluding carboxylic acids is 1. The summed E-state index contributed by atoms with van der Waals surface area (Å²) >= 11 is 0. The van der Waals surface area contributed by atoms with Gasteiger partial charge in [-0.2, -0.15) is 0 Å². The molecule has 0 aliphatic carbocycles. The molecule has 2 aliphatic rings. The van der Waals surface area contributed by atoms with E-state index in [1.165, 1.54) is 0 Å². The van der Waals surface area contributed by atoms with Crippen LogP contribution in [0.15, 0.2) is 0 Å². The predicted molar refractivity (Wildman–Crippen MR) is 60.4 cm³/mol. The van der Waals surface area contributed by atoms with E-state index < -0.39 is 11.8 Å². The van der Waals surface area contributed by atoms with Crippen LogP contribution in [0.3, 0.4) is 0 Å². The van der Waals surface area contributed by atoms with Gasteiger partial charge in [0.1, 0.15) is 5.60 Å². The van der Waals surface area contributed by atoms with Gasteiger partial charge in [0.15, 0.2) is 0 Å². The first-order valence-electron chi connectivity index (χ1n) is 5.95. The second kappa shape index (κ2) is 4.80. The van der Waals surface area contributed by atoms with Crippen molar-refractivity contribution in [1.82, 2.24) is 10.4 Å². The van der Waals surface area contributed by atoms with E-state index in [1.54, 1.807) is 5.06 Å². The van der Waals surface area contributed by atoms with Crippen LogP contribution in [0.5, 0.6) is 0 Å². The Labute approximate surface area is 101 Å². The van der Waals surface area contributed by atoms with Gasteiger partial charge in [0, 0.05) is 6.54 Å². The summed E-state index contributed by atoms with van der Waals surface area (Å²) in [6, 6.07) is 0.242. The molecule has 2 saturated heterocycles. The number of carbonyl (C=O) groups is 1. The van der Waals surface area contributed by atoms with Crippen molar-refractivity contribution < 1.29 is 19.1 Å². The van der Waals surface area contributed by atoms with Crippen LogP contribution in [0.1, 0.15) is 20.8 Å². The van der Waals surface area contributed by atoms with Crippen LogP contribution in [0.25, 0.3) is 0 Å². The van der Waals surface area contributed by atoms with Gasteiger partial charge in [-0.15, -0.1) is 5.06 Å². The second-order valence-electron chi connectivity index (χ2n) is 5.37. The molecule has 0 aromatic heterocycles. The molecule has 2 aliphatic heterocycles. The minimum absolute atomic E-state index is 0.103. The van der Waals surface area contributed by atoms with E-state index >= 15 is 0 Å². The summed E-state index contributed by atoms with van der Waals surface area (Å²) in [5.41, 5.74) is -0.529. The van der Waals surface area contributed by atoms with Gasteiger partial charge in [0.2, 0.25) is 0 Å². The van der Waals surface area contributed by atoms with Gasteiger partial charge in [0.25, 0.3) is 0 Å². The average Bonchev–Trinajstić information content (AvgIpc) is 2.55. The first-order chi connectivity index (χ1) is 7.94. The van der Waals surface area contributed by atoms with Crippen LogP contribution < -0.4 is 5.32 Å². The summed E-state index contributed by atoms with van der Waals surface area (Å²) in [6.07, 6.45) is -0.553. The standard InChI is InChI=1S/C11H20N2O4/c1-11(2,3)16-10(14)17-13-6-8-9(7-13)15-5-4-12-8/h8-9,12H,4-7H2,1-3H3/t8-,9-/m1/s1. The lowest BCUT2D eigenvalue weighted by Crippen LogP contribution is -2.47. The number of rotatable bonds is 1. The molecule has 98 valence electrons. The molecule has 0 spiro atoms. The average molecular weight is 244 g/mol. The quantitative estimate of drug-likeness (QED) is 0.679. The molecule has 0 aromatic rings. The largest absolute Gasteiger partial charge is 0.528 e. The third-order valence-electron chi connectivity index (χ3n) is 2.67. The third kappa shape index (κ3) is 3.55. The number of morpholine rings is 1. The highest BCUT2D eigenvalue weighted by Crippen LogP contribution is 2.17. The fraction of sp³-hybridized carbons (Fsp3) is 0.909. The molecule has 0 amide bonds. The first kappa shape index (κ1) is 12.6. The topological polar surface area (TPSA) is 60.0 Å². The van der Waals surface area contributed by atoms with Gasteiger partial charge < -0.3 is 19.6 Å². The van der Waals surface area contributed by atoms with Crippen molar-refractivity contribution in [3.63, 3.8) is 0 Å². The first-order valence-corrected chi connectivity index (χ1v) is 5.95. The summed E-state index contributed by atoms with van der Waals surface area (Å²) < 4.78 is 10.7. The fourth-order valence-corrected chi connectivity index (χ4v) is 2.01. The molecular weight excluding hydrogens is 224 g/mol. The second-order valence-corrected chi connectivity index (χ2v) is 5.37. The highest BCUT2D eigenvalue weighted by atomic mass is 16.8. The van der Waals surface area contributed by atoms with Crippen molar-refractivity contribution in [2.45, 2.75) is 38.5 Å². The molecule has 2 rings (SSSR count). The van der Waals surface area contributed by atoms with Crippen molar-refractivity contribution in [1.29, 1.82) is 0 Å². The van der Waals surface area contributed by atoms with Gasteiger partial charge in [0.05, 0.1) is 31.8 Å². The Morgan fingerprint density at radius 2 is 2.18 bits per heavy atom. The van der Waals surface area contributed by atoms with Gasteiger partial charge in [-0.25, -0.2) is 4.79 Å². The van der Waals surface area contributed by atoms with Crippen molar-refractivity contribution >= 4 is 6.16 Å². The van der Waals surface area contributed by atoms with Gasteiger partial charge in [-0.3, -0.25) is 0 Å². The number of hydrogen-bond acceptors (Lipinski definition) is 6. The Morgan fingerprint density at radius 3 is 2.82 bits per heavy atom. The lowest BCUT2D eigenvalue weighted by atomic mass is 10.2. The minimum atomic E-state index is -0.656. The summed E-state index contributed by atoms with van der Waals surface area (Å²) in [6.45, 7) is 8.22. The van der Waals surface area contributed by atoms with E-state index in [4.69, 9.17) is 14.3 Å². The maximum Gasteiger partial charge on any atom is 0.528 e. The predicted octanol–water partition coefficient (Wildman–Crippen LogP) is 0.526. The van der Waals surface area contributed by atoms with Crippen molar-refractivity contribution in [3.05, 3.63) is 0 Å². The van der Waals surface area contributed by atoms with Crippen LogP contribution in [0, 0.1) is 0 Å². The van der Waals surface area contributed by atoms with E-state index in [0.29, 0.717) is 19.7 Å². The lowest BCUT2D eigenvalue weighted by Gasteiger charge is -2.25. The Kier molecular flexibility index (Phi) is 3.56. The monoisotopic (exact) mass is 244 g/mol. The molecule has 2 fully saturated rings. The molecule has 0 bridgehead atoms. The van der Waals surface area contributed by atoms with Gasteiger partial charge in [-0.05, 0) is 20.8 Å². The Morgan fingerprint density at radius 1 is 1.41 bits per heavy atom. The Hall–Kier alpha value is -0.850. The number of nitrogens with zero attached hydrogens (tertiary/aromatic N) is 1. The number of hydrogen-bond donors (Lipinski definition) is 1. The van der Waals surface area contributed by atoms with Gasteiger partial charge >= 0.3 is 6.16 Å². The molecule has 6 heteroatoms. The molecule has 1 N–H and O–H groups in total. The Balaban J connectivity index is 1.79. The van der Waals surface area contributed by atoms with Crippen molar-refractivity contribution in [2.75, 3.05) is 26.2 Å². The van der Waals surface area contributed by atoms with Crippen molar-refractivity contribution in [3.8, 4) is 0 Å². The summed E-state index contributed by atoms with van der Waals surface area (Å²) in [7, 11) is 0. The highest BCUT2D eigenvalue weighted by molar-refractivity contribution is 5.60. The normalized spacial score (nSPS) is 29.8. The van der Waals surface area contributed by atoms with E-state index in [1.807, 2.05) is 20.8 Å². The molecule has 0 radical (unpaired) electrons. The highest BCUT2D eigenvalue weighted by Gasteiger charge is 2.37. The maximum atomic E-state index is 11.5. The molecule has 0 unspecified atom stereocenters. The minimum Gasteiger partial charge on any atom is -0.427 e. The third-order valence-corrected chi connectivity index (χ3v) is 2.67. The fourth-order valence-electron chi connectivity index (χ4n) is 2.01. The molecule has 17 heavy (non-hydrogen) atoms. The lowest BCUT2D eigenvalue weighted by molar-refractivity contribution is -0.135. The molecule has 0 saturated carbocycles. The molecule has 2 heterocycles. The smallest absolute Gasteiger partial charge is 0.427 e. The number of fused-ring (bicyclic) bond motifs is 1. The van der Waals surface area contributed by atoms with Crippen LogP contribution >= 0.6 is 0 Å². The molecule has 2 atom stereocenters. The summed E-state index contributed by atoms with van der Waals surface area (Å²) in [5.74, 6) is 0. The van der Waals surface area contributed by atoms with Crippen molar-refractivity contribution in [2.24, 2.45) is 0 Å². The van der Waals surface area contributed by atoms with Crippen LogP contribution in [-0.2, 0) is 14.3 Å². The van der Waals surface area contributed by atoms with E-state index in [9.17, 15) is 4.79 Å². The van der Waals surface area contributed by atoms with Crippen LogP contribution in [0.4, 0.5) is 4.79 Å². The van der Waals surface area contributed by atoms with Crippen LogP contribution in [0.2, 0.25) is 0 Å². The number of nitrogens with one attached hydrogen (secondary N) is 1. The van der Waals surface area contributed by atoms with Crippen LogP contribution in [-0.4, -0.2) is 55.2 Å². The van der Waals surface area contributed by atoms with Gasteiger partial charge in [-0.1, -0.05) is 0 Å². The van der Waals surface area contributed by atoms with E-state index in [2.05, 4.69) is 5.32 Å². The number of ether oxygens (including phenoxy) is 2. The Bertz CT molecular complexity index is 276. The molecule has 6 nitrogen and oxygen atoms in total. The molecule has 0 aromatic carbocycles. The maximum absolute atomic E-state index is 11.5. The summed E-state index contributed by atoms with van der Waals surface area (Å²) in [4.78, 5) is 16.6. The zero-order valence-electron chi connectivity index (χ0n) is 10.6. The number of hydroxylamine groups is 2. The van der Waals surface area contributed by atoms with E-state index in [-0.39, 0.29) is 12.1 Å². The SMILES string of the molecule is CC(C)(C)OC(=O)ON1C[C@H]2NCCO[C@@H]2C1. The molecular formula is C11H20N2O4.